The van der Waals surface area contributed by atoms with Gasteiger partial charge in [-0.2, -0.15) is 0 Å². The number of nitro groups is 1. The minimum Gasteiger partial charge on any atom is -0.377 e. The molecule has 0 spiro atoms. The van der Waals surface area contributed by atoms with Crippen molar-refractivity contribution in [2.75, 3.05) is 13.7 Å². The van der Waals surface area contributed by atoms with E-state index in [-0.39, 0.29) is 11.3 Å². The number of ether oxygens (including phenoxy) is 1. The molecule has 0 bridgehead atoms. The Labute approximate surface area is 111 Å². The lowest BCUT2D eigenvalue weighted by atomic mass is 10.1. The minimum absolute atomic E-state index is 0.0326. The van der Waals surface area contributed by atoms with Gasteiger partial charge >= 0.3 is 0 Å². The van der Waals surface area contributed by atoms with Gasteiger partial charge < -0.3 is 10.1 Å². The molecule has 0 amide bonds. The van der Waals surface area contributed by atoms with Crippen LogP contribution in [0.5, 0.6) is 0 Å². The predicted octanol–water partition coefficient (Wildman–Crippen LogP) is 2.76. The maximum absolute atomic E-state index is 10.9. The molecule has 100 valence electrons. The van der Waals surface area contributed by atoms with Gasteiger partial charge in [-0.05, 0) is 19.9 Å². The summed E-state index contributed by atoms with van der Waals surface area (Å²) in [6, 6.07) is 4.67. The molecule has 1 N–H and O–H groups in total. The molecule has 0 fully saturated rings. The van der Waals surface area contributed by atoms with Crippen molar-refractivity contribution in [2.24, 2.45) is 0 Å². The molecule has 0 atom stereocenters. The fourth-order valence-electron chi connectivity index (χ4n) is 1.45. The van der Waals surface area contributed by atoms with E-state index in [1.165, 1.54) is 6.07 Å². The number of hydrogen-bond donors (Lipinski definition) is 1. The first-order chi connectivity index (χ1) is 8.37. The maximum atomic E-state index is 10.9. The van der Waals surface area contributed by atoms with Gasteiger partial charge in [0, 0.05) is 26.3 Å². The smallest absolute Gasteiger partial charge is 0.275 e. The number of nitro benzene ring substituents is 1. The lowest BCUT2D eigenvalue weighted by Crippen LogP contribution is -2.36. The molecule has 0 aliphatic heterocycles. The summed E-state index contributed by atoms with van der Waals surface area (Å²) in [5.41, 5.74) is 0.206. The van der Waals surface area contributed by atoms with Crippen molar-refractivity contribution in [3.05, 3.63) is 38.9 Å². The van der Waals surface area contributed by atoms with Crippen LogP contribution < -0.4 is 5.32 Å². The average Bonchev–Trinajstić information content (AvgIpc) is 2.30. The van der Waals surface area contributed by atoms with Crippen molar-refractivity contribution >= 4 is 17.3 Å². The first-order valence-corrected chi connectivity index (χ1v) is 5.93. The third kappa shape index (κ3) is 3.94. The molecule has 5 nitrogen and oxygen atoms in total. The number of methoxy groups -OCH3 is 1. The van der Waals surface area contributed by atoms with Crippen LogP contribution in [0.1, 0.15) is 19.4 Å². The summed E-state index contributed by atoms with van der Waals surface area (Å²) in [5, 5.41) is 14.4. The summed E-state index contributed by atoms with van der Waals surface area (Å²) >= 11 is 5.98. The molecule has 18 heavy (non-hydrogen) atoms. The Morgan fingerprint density at radius 3 is 2.72 bits per heavy atom. The molecular formula is C12H17ClN2O3. The average molecular weight is 273 g/mol. The van der Waals surface area contributed by atoms with Gasteiger partial charge in [-0.3, -0.25) is 10.1 Å². The second-order valence-corrected chi connectivity index (χ2v) is 4.97. The highest BCUT2D eigenvalue weighted by Crippen LogP contribution is 2.26. The summed E-state index contributed by atoms with van der Waals surface area (Å²) in [5.74, 6) is 0. The topological polar surface area (TPSA) is 64.4 Å². The van der Waals surface area contributed by atoms with E-state index < -0.39 is 4.92 Å². The number of rotatable bonds is 6. The molecule has 1 aromatic carbocycles. The molecule has 1 aromatic rings. The molecular weight excluding hydrogens is 256 g/mol. The Morgan fingerprint density at radius 2 is 2.17 bits per heavy atom. The Bertz CT molecular complexity index is 435. The number of hydrogen-bond acceptors (Lipinski definition) is 4. The van der Waals surface area contributed by atoms with Gasteiger partial charge in [-0.15, -0.1) is 0 Å². The highest BCUT2D eigenvalue weighted by Gasteiger charge is 2.19. The van der Waals surface area contributed by atoms with E-state index in [1.807, 2.05) is 13.8 Å². The van der Waals surface area contributed by atoms with Crippen LogP contribution in [0.2, 0.25) is 5.02 Å². The lowest BCUT2D eigenvalue weighted by Gasteiger charge is -2.23. The van der Waals surface area contributed by atoms with Gasteiger partial charge in [0.05, 0.1) is 21.1 Å². The van der Waals surface area contributed by atoms with Crippen LogP contribution >= 0.6 is 11.6 Å². The van der Waals surface area contributed by atoms with Crippen molar-refractivity contribution in [1.29, 1.82) is 0 Å². The highest BCUT2D eigenvalue weighted by atomic mass is 35.5. The Kier molecular flexibility index (Phi) is 5.07. The monoisotopic (exact) mass is 272 g/mol. The van der Waals surface area contributed by atoms with Gasteiger partial charge in [-0.1, -0.05) is 17.7 Å². The van der Waals surface area contributed by atoms with Crippen molar-refractivity contribution in [1.82, 2.24) is 5.32 Å². The number of nitrogens with zero attached hydrogens (tertiary/aromatic N) is 1. The fourth-order valence-corrected chi connectivity index (χ4v) is 1.69. The molecule has 0 saturated heterocycles. The summed E-state index contributed by atoms with van der Waals surface area (Å²) in [7, 11) is 1.62. The van der Waals surface area contributed by atoms with E-state index >= 15 is 0 Å². The Hall–Kier alpha value is -1.17. The second-order valence-electron chi connectivity index (χ2n) is 4.56. The fraction of sp³-hybridized carbons (Fsp3) is 0.500. The van der Waals surface area contributed by atoms with Crippen LogP contribution in [-0.2, 0) is 11.3 Å². The first kappa shape index (κ1) is 14.9. The second kappa shape index (κ2) is 6.13. The van der Waals surface area contributed by atoms with E-state index in [9.17, 15) is 10.1 Å². The van der Waals surface area contributed by atoms with Crippen LogP contribution in [0, 0.1) is 10.1 Å². The quantitative estimate of drug-likeness (QED) is 0.639. The molecule has 0 aromatic heterocycles. The van der Waals surface area contributed by atoms with Crippen LogP contribution in [-0.4, -0.2) is 24.2 Å². The van der Waals surface area contributed by atoms with E-state index in [1.54, 1.807) is 19.2 Å². The molecule has 0 heterocycles. The third-order valence-corrected chi connectivity index (χ3v) is 3.05. The SMILES string of the molecule is COC(C)(C)CNCc1c(Cl)cccc1[N+](=O)[O-]. The van der Waals surface area contributed by atoms with Crippen molar-refractivity contribution in [3.8, 4) is 0 Å². The van der Waals surface area contributed by atoms with Gasteiger partial charge in [-0.25, -0.2) is 0 Å². The summed E-state index contributed by atoms with van der Waals surface area (Å²) in [6.07, 6.45) is 0. The molecule has 6 heteroatoms. The first-order valence-electron chi connectivity index (χ1n) is 5.55. The summed E-state index contributed by atoms with van der Waals surface area (Å²) < 4.78 is 5.25. The van der Waals surface area contributed by atoms with Crippen LogP contribution in [0.25, 0.3) is 0 Å². The molecule has 0 saturated carbocycles. The Balaban J connectivity index is 2.76. The largest absolute Gasteiger partial charge is 0.377 e. The number of nitrogens with one attached hydrogen (secondary N) is 1. The molecule has 0 aliphatic rings. The summed E-state index contributed by atoms with van der Waals surface area (Å²) in [4.78, 5) is 10.5. The zero-order chi connectivity index (χ0) is 13.8. The normalized spacial score (nSPS) is 11.6. The van der Waals surface area contributed by atoms with Crippen LogP contribution in [0.15, 0.2) is 18.2 Å². The molecule has 0 radical (unpaired) electrons. The summed E-state index contributed by atoms with van der Waals surface area (Å²) in [6.45, 7) is 4.77. The van der Waals surface area contributed by atoms with Crippen molar-refractivity contribution < 1.29 is 9.66 Å². The van der Waals surface area contributed by atoms with Crippen LogP contribution in [0.3, 0.4) is 0 Å². The van der Waals surface area contributed by atoms with Gasteiger partial charge in [0.2, 0.25) is 0 Å². The van der Waals surface area contributed by atoms with Gasteiger partial charge in [0.25, 0.3) is 5.69 Å². The highest BCUT2D eigenvalue weighted by molar-refractivity contribution is 6.31. The van der Waals surface area contributed by atoms with Gasteiger partial charge in [0.15, 0.2) is 0 Å². The van der Waals surface area contributed by atoms with Gasteiger partial charge in [0.1, 0.15) is 0 Å². The maximum Gasteiger partial charge on any atom is 0.275 e. The van der Waals surface area contributed by atoms with Crippen molar-refractivity contribution in [2.45, 2.75) is 26.0 Å². The standard InChI is InChI=1S/C12H17ClN2O3/c1-12(2,18-3)8-14-7-9-10(13)5-4-6-11(9)15(16)17/h4-6,14H,7-8H2,1-3H3. The van der Waals surface area contributed by atoms with Crippen molar-refractivity contribution in [3.63, 3.8) is 0 Å². The van der Waals surface area contributed by atoms with E-state index in [0.717, 1.165) is 0 Å². The van der Waals surface area contributed by atoms with Crippen LogP contribution in [0.4, 0.5) is 5.69 Å². The minimum atomic E-state index is -0.426. The zero-order valence-electron chi connectivity index (χ0n) is 10.7. The lowest BCUT2D eigenvalue weighted by molar-refractivity contribution is -0.385. The van der Waals surface area contributed by atoms with E-state index in [0.29, 0.717) is 23.7 Å². The third-order valence-electron chi connectivity index (χ3n) is 2.70. The Morgan fingerprint density at radius 1 is 1.50 bits per heavy atom. The molecule has 0 aliphatic carbocycles. The predicted molar refractivity (Wildman–Crippen MR) is 70.9 cm³/mol. The van der Waals surface area contributed by atoms with E-state index in [2.05, 4.69) is 5.32 Å². The number of benzene rings is 1. The zero-order valence-corrected chi connectivity index (χ0v) is 11.5. The molecule has 0 unspecified atom stereocenters. The number of halogens is 1. The van der Waals surface area contributed by atoms with E-state index in [4.69, 9.17) is 16.3 Å². The molecule has 1 rings (SSSR count).